The molecule has 92 heavy (non-hydrogen) atoms. The maximum absolute atomic E-state index is 16.2. The van der Waals surface area contributed by atoms with Crippen LogP contribution in [0.5, 0.6) is 0 Å². The van der Waals surface area contributed by atoms with E-state index in [0.29, 0.717) is 11.6 Å². The molecule has 0 aliphatic carbocycles. The normalized spacial score (nSPS) is 17.8. The molecule has 12 rings (SSSR count). The molecule has 5 aromatic carbocycles. The fourth-order valence-corrected chi connectivity index (χ4v) is 12.1. The summed E-state index contributed by atoms with van der Waals surface area (Å²) in [5, 5.41) is 59.0. The van der Waals surface area contributed by atoms with Crippen LogP contribution < -0.4 is 25.1 Å². The number of piperazine rings is 2. The van der Waals surface area contributed by atoms with Crippen molar-refractivity contribution in [2.45, 2.75) is 122 Å². The van der Waals surface area contributed by atoms with E-state index in [1.165, 1.54) is 23.6 Å². The summed E-state index contributed by atoms with van der Waals surface area (Å²) in [6.45, 7) is 22.0. The van der Waals surface area contributed by atoms with Gasteiger partial charge in [-0.15, -0.1) is 15.3 Å². The molecule has 0 amide bonds. The number of pyridine rings is 1. The Balaban J connectivity index is 0.000000200. The van der Waals surface area contributed by atoms with Crippen molar-refractivity contribution < 1.29 is 42.2 Å². The van der Waals surface area contributed by atoms with Crippen LogP contribution in [0.15, 0.2) is 152 Å². The minimum atomic E-state index is -4.15. The van der Waals surface area contributed by atoms with Crippen LogP contribution in [0.2, 0.25) is 0 Å². The first-order valence-corrected chi connectivity index (χ1v) is 31.2. The summed E-state index contributed by atoms with van der Waals surface area (Å²) >= 11 is 0. The van der Waals surface area contributed by atoms with Crippen molar-refractivity contribution in [2.75, 3.05) is 72.0 Å². The summed E-state index contributed by atoms with van der Waals surface area (Å²) in [6.07, 6.45) is 6.61. The van der Waals surface area contributed by atoms with Gasteiger partial charge in [-0.05, 0) is 143 Å². The molecule has 25 heteroatoms. The fourth-order valence-electron chi connectivity index (χ4n) is 12.1. The topological polar surface area (TPSA) is 210 Å². The molecular weight excluding hydrogens is 1180 g/mol. The second-order valence-electron chi connectivity index (χ2n) is 24.9. The summed E-state index contributed by atoms with van der Waals surface area (Å²) in [6, 6.07) is 37.4. The number of hydrogen-bond donors (Lipinski definition) is 3. The van der Waals surface area contributed by atoms with Gasteiger partial charge in [0.05, 0.1) is 54.4 Å². The minimum absolute atomic E-state index is 0.0632. The van der Waals surface area contributed by atoms with Crippen LogP contribution in [-0.4, -0.2) is 153 Å². The number of nitrogens with zero attached hydrogens (tertiary/aromatic N) is 15. The van der Waals surface area contributed by atoms with Crippen molar-refractivity contribution in [3.63, 3.8) is 0 Å². The van der Waals surface area contributed by atoms with Gasteiger partial charge in [0.2, 0.25) is 0 Å². The van der Waals surface area contributed by atoms with Gasteiger partial charge in [0, 0.05) is 110 Å². The molecule has 0 bridgehead atoms. The zero-order valence-electron chi connectivity index (χ0n) is 53.0. The van der Waals surface area contributed by atoms with E-state index in [9.17, 15) is 24.1 Å². The van der Waals surface area contributed by atoms with Gasteiger partial charge in [-0.3, -0.25) is 4.98 Å². The van der Waals surface area contributed by atoms with Gasteiger partial charge in [-0.2, -0.15) is 8.78 Å². The molecule has 3 saturated heterocycles. The van der Waals surface area contributed by atoms with Gasteiger partial charge in [-0.1, -0.05) is 78.9 Å². The summed E-state index contributed by atoms with van der Waals surface area (Å²) in [5.41, 5.74) is 4.94. The van der Waals surface area contributed by atoms with Crippen LogP contribution in [0.25, 0.3) is 33.6 Å². The number of aliphatic hydroxyl groups excluding tert-OH is 2. The highest BCUT2D eigenvalue weighted by Gasteiger charge is 2.58. The van der Waals surface area contributed by atoms with E-state index in [-0.39, 0.29) is 30.4 Å². The number of rotatable bonds is 19. The molecule has 482 valence electrons. The fraction of sp³-hybridized carbons (Fsp3) is 0.403. The third-order valence-corrected chi connectivity index (χ3v) is 18.4. The van der Waals surface area contributed by atoms with Crippen LogP contribution in [0.4, 0.5) is 40.3 Å². The minimum Gasteiger partial charge on any atom is -0.399 e. The van der Waals surface area contributed by atoms with Crippen LogP contribution in [0, 0.1) is 11.6 Å². The lowest BCUT2D eigenvalue weighted by molar-refractivity contribution is -0.207. The zero-order chi connectivity index (χ0) is 65.1. The van der Waals surface area contributed by atoms with E-state index in [0.717, 1.165) is 139 Å². The number of tetrazole rings is 1. The molecule has 20 nitrogen and oxygen atoms in total. The first kappa shape index (κ1) is 64.9. The van der Waals surface area contributed by atoms with Gasteiger partial charge >= 0.3 is 13.0 Å². The smallest absolute Gasteiger partial charge is 0.399 e. The van der Waals surface area contributed by atoms with E-state index < -0.39 is 53.2 Å². The summed E-state index contributed by atoms with van der Waals surface area (Å²) in [5.74, 6) is -6.49. The van der Waals surface area contributed by atoms with Crippen molar-refractivity contribution in [3.8, 4) is 33.6 Å². The molecule has 0 unspecified atom stereocenters. The number of benzene rings is 5. The van der Waals surface area contributed by atoms with Gasteiger partial charge < -0.3 is 44.2 Å². The molecule has 9 aromatic rings. The average Bonchev–Trinajstić information content (AvgIpc) is 0.759. The second kappa shape index (κ2) is 26.9. The molecule has 7 heterocycles. The second-order valence-corrected chi connectivity index (χ2v) is 24.9. The molecule has 0 radical (unpaired) electrons. The quantitative estimate of drug-likeness (QED) is 0.0508. The highest BCUT2D eigenvalue weighted by Crippen LogP contribution is 2.47. The lowest BCUT2D eigenvalue weighted by Crippen LogP contribution is -2.48. The number of aliphatic hydroxyl groups is 3. The predicted octanol–water partition coefficient (Wildman–Crippen LogP) is 9.51. The van der Waals surface area contributed by atoms with E-state index in [4.69, 9.17) is 9.31 Å². The highest BCUT2D eigenvalue weighted by atomic mass is 19.3. The van der Waals surface area contributed by atoms with E-state index in [1.54, 1.807) is 23.2 Å². The lowest BCUT2D eigenvalue weighted by Gasteiger charge is -2.37. The Morgan fingerprint density at radius 2 is 0.989 bits per heavy atom. The standard InChI is InChI=1S/C38H38F4N10O2.C29H40BN5O3/c1-3-35(25(2)53)52-22-34(45-47-52)27-6-12-31(13-7-27)50-18-16-49(17-19-50)30-10-4-26(5-11-30)28-8-15-36(43-21-28)38(41,42)37(54,23-51-24-44-46-48-51)32-14-9-29(39)20-33(32)40;1-7-27(21(2)36)35-20-26(31-32-35)22-8-12-24(13-9-22)33-16-18-34(19-17-33)25-14-10-23(11-15-25)30-37-28(3,4)29(5,6)38-30/h4-15,20-22,24-25,35,53-54H,3,16-19,23H2,1-2H3;8-15,20-21,27,36H,7,16-19H2,1-6H3/t25-,35-,37-;21-,27-/m00/s1. The molecule has 5 atom stereocenters. The third kappa shape index (κ3) is 13.6. The van der Waals surface area contributed by atoms with Crippen molar-refractivity contribution in [3.05, 3.63) is 175 Å². The number of anilines is 4. The molecule has 3 aliphatic heterocycles. The molecule has 4 aromatic heterocycles. The van der Waals surface area contributed by atoms with Crippen molar-refractivity contribution in [1.82, 2.24) is 55.2 Å². The molecule has 0 spiro atoms. The van der Waals surface area contributed by atoms with Gasteiger partial charge in [0.25, 0.3) is 0 Å². The van der Waals surface area contributed by atoms with Crippen LogP contribution >= 0.6 is 0 Å². The Labute approximate surface area is 533 Å². The van der Waals surface area contributed by atoms with Crippen LogP contribution in [0.3, 0.4) is 0 Å². The van der Waals surface area contributed by atoms with Crippen molar-refractivity contribution in [2.24, 2.45) is 0 Å². The highest BCUT2D eigenvalue weighted by molar-refractivity contribution is 6.62. The van der Waals surface area contributed by atoms with Crippen LogP contribution in [0.1, 0.15) is 91.6 Å². The first-order valence-electron chi connectivity index (χ1n) is 31.2. The molecule has 3 N–H and O–H groups in total. The number of alkyl halides is 2. The van der Waals surface area contributed by atoms with Gasteiger partial charge in [0.15, 0.2) is 5.60 Å². The SMILES string of the molecule is CC[C@@H]([C@H](C)O)n1cc(-c2ccc(N3CCN(c4ccc(-c5ccc(C(F)(F)[C@](O)(Cn6cnnn6)c6ccc(F)cc6F)nc5)cc4)CC3)cc2)nn1.CC[C@@H]([C@H](C)O)n1cc(-c2ccc(N3CCN(c4ccc(B5OC(C)(C)C(C)(C)O5)cc4)CC3)cc2)nn1. The first-order chi connectivity index (χ1) is 44.0. The van der Waals surface area contributed by atoms with Crippen molar-refractivity contribution >= 4 is 35.3 Å². The number of hydrogen-bond acceptors (Lipinski definition) is 17. The zero-order valence-corrected chi connectivity index (χ0v) is 53.0. The number of aromatic nitrogens is 11. The lowest BCUT2D eigenvalue weighted by atomic mass is 9.79. The maximum atomic E-state index is 16.2. The summed E-state index contributed by atoms with van der Waals surface area (Å²) in [4.78, 5) is 13.4. The molecule has 3 aliphatic rings. The summed E-state index contributed by atoms with van der Waals surface area (Å²) in [7, 11) is -0.329. The summed E-state index contributed by atoms with van der Waals surface area (Å²) < 4.78 is 77.6. The largest absolute Gasteiger partial charge is 0.494 e. The third-order valence-electron chi connectivity index (χ3n) is 18.4. The van der Waals surface area contributed by atoms with Gasteiger partial charge in [-0.25, -0.2) is 22.8 Å². The molecular formula is C67H78BF4N15O5. The average molecular weight is 1260 g/mol. The predicted molar refractivity (Wildman–Crippen MR) is 346 cm³/mol. The maximum Gasteiger partial charge on any atom is 0.494 e. The van der Waals surface area contributed by atoms with E-state index in [2.05, 4.69) is 149 Å². The molecule has 3 fully saturated rings. The van der Waals surface area contributed by atoms with E-state index in [1.807, 2.05) is 62.6 Å². The van der Waals surface area contributed by atoms with E-state index >= 15 is 8.78 Å². The Morgan fingerprint density at radius 3 is 1.37 bits per heavy atom. The molecule has 0 saturated carbocycles. The Morgan fingerprint density at radius 1 is 0.565 bits per heavy atom. The monoisotopic (exact) mass is 1260 g/mol. The Hall–Kier alpha value is -8.62. The Bertz CT molecular complexity index is 3850. The number of halogens is 4. The van der Waals surface area contributed by atoms with Gasteiger partial charge in [0.1, 0.15) is 35.0 Å². The van der Waals surface area contributed by atoms with Crippen LogP contribution in [-0.2, 0) is 27.4 Å². The van der Waals surface area contributed by atoms with Crippen molar-refractivity contribution in [1.29, 1.82) is 0 Å². The Kier molecular flexibility index (Phi) is 19.0.